The second-order valence-electron chi connectivity index (χ2n) is 6.20. The third-order valence-corrected chi connectivity index (χ3v) is 4.28. The highest BCUT2D eigenvalue weighted by Gasteiger charge is 2.33. The van der Waals surface area contributed by atoms with Crippen molar-refractivity contribution in [2.45, 2.75) is 31.8 Å². The number of benzene rings is 1. The van der Waals surface area contributed by atoms with Crippen LogP contribution >= 0.6 is 0 Å². The van der Waals surface area contributed by atoms with E-state index in [1.165, 1.54) is 12.8 Å². The zero-order chi connectivity index (χ0) is 15.4. The first kappa shape index (κ1) is 15.0. The van der Waals surface area contributed by atoms with Gasteiger partial charge >= 0.3 is 0 Å². The molecule has 1 saturated heterocycles. The van der Waals surface area contributed by atoms with Gasteiger partial charge in [0.1, 0.15) is 0 Å². The molecule has 0 bridgehead atoms. The van der Waals surface area contributed by atoms with Gasteiger partial charge in [-0.2, -0.15) is 0 Å². The summed E-state index contributed by atoms with van der Waals surface area (Å²) in [5, 5.41) is 6.05. The van der Waals surface area contributed by atoms with Gasteiger partial charge in [0.15, 0.2) is 0 Å². The Hall–Kier alpha value is -1.88. The molecule has 0 aromatic heterocycles. The fourth-order valence-electron chi connectivity index (χ4n) is 2.80. The highest BCUT2D eigenvalue weighted by Crippen LogP contribution is 2.30. The molecule has 1 unspecified atom stereocenters. The third-order valence-electron chi connectivity index (χ3n) is 4.28. The first-order valence-electron chi connectivity index (χ1n) is 8.05. The van der Waals surface area contributed by atoms with Crippen LogP contribution in [-0.2, 0) is 16.1 Å². The molecule has 5 heteroatoms. The van der Waals surface area contributed by atoms with E-state index in [4.69, 9.17) is 0 Å². The standard InChI is InChI=1S/C17H23N3O2/c21-16(19-11-13-4-2-1-3-5-13)10-15-17(22)20(9-8-18-15)12-14-6-7-14/h1-5,14-15,18H,6-12H2,(H,19,21). The molecule has 1 heterocycles. The van der Waals surface area contributed by atoms with E-state index in [1.54, 1.807) is 0 Å². The van der Waals surface area contributed by atoms with Crippen molar-refractivity contribution in [3.8, 4) is 0 Å². The summed E-state index contributed by atoms with van der Waals surface area (Å²) in [6, 6.07) is 9.42. The summed E-state index contributed by atoms with van der Waals surface area (Å²) in [6.45, 7) is 2.90. The lowest BCUT2D eigenvalue weighted by atomic mass is 10.1. The van der Waals surface area contributed by atoms with Crippen LogP contribution in [0.2, 0.25) is 0 Å². The van der Waals surface area contributed by atoms with Crippen molar-refractivity contribution >= 4 is 11.8 Å². The Balaban J connectivity index is 1.46. The molecule has 2 fully saturated rings. The Labute approximate surface area is 131 Å². The summed E-state index contributed by atoms with van der Waals surface area (Å²) in [7, 11) is 0. The highest BCUT2D eigenvalue weighted by molar-refractivity contribution is 5.88. The Kier molecular flexibility index (Phi) is 4.73. The molecule has 0 radical (unpaired) electrons. The molecule has 1 aliphatic carbocycles. The van der Waals surface area contributed by atoms with Crippen LogP contribution in [0.1, 0.15) is 24.8 Å². The predicted octanol–water partition coefficient (Wildman–Crippen LogP) is 0.903. The maximum Gasteiger partial charge on any atom is 0.240 e. The molecule has 2 amide bonds. The van der Waals surface area contributed by atoms with Gasteiger partial charge < -0.3 is 15.5 Å². The van der Waals surface area contributed by atoms with Gasteiger partial charge in [0.25, 0.3) is 0 Å². The maximum atomic E-state index is 12.4. The first-order valence-corrected chi connectivity index (χ1v) is 8.05. The van der Waals surface area contributed by atoms with Crippen molar-refractivity contribution in [1.29, 1.82) is 0 Å². The number of piperazine rings is 1. The van der Waals surface area contributed by atoms with Crippen molar-refractivity contribution in [2.75, 3.05) is 19.6 Å². The fraction of sp³-hybridized carbons (Fsp3) is 0.529. The molecular formula is C17H23N3O2. The van der Waals surface area contributed by atoms with E-state index in [9.17, 15) is 9.59 Å². The summed E-state index contributed by atoms with van der Waals surface area (Å²) >= 11 is 0. The number of hydrogen-bond donors (Lipinski definition) is 2. The average molecular weight is 301 g/mol. The SMILES string of the molecule is O=C(CC1NCCN(CC2CC2)C1=O)NCc1ccccc1. The predicted molar refractivity (Wildman–Crippen MR) is 84.0 cm³/mol. The molecule has 5 nitrogen and oxygen atoms in total. The van der Waals surface area contributed by atoms with Gasteiger partial charge in [-0.25, -0.2) is 0 Å². The topological polar surface area (TPSA) is 61.4 Å². The van der Waals surface area contributed by atoms with E-state index in [0.29, 0.717) is 12.5 Å². The molecule has 0 spiro atoms. The average Bonchev–Trinajstić information content (AvgIpc) is 3.34. The quantitative estimate of drug-likeness (QED) is 0.821. The number of amides is 2. The molecule has 2 aliphatic rings. The molecule has 2 N–H and O–H groups in total. The summed E-state index contributed by atoms with van der Waals surface area (Å²) in [5.74, 6) is 0.686. The lowest BCUT2D eigenvalue weighted by molar-refractivity contribution is -0.138. The van der Waals surface area contributed by atoms with Gasteiger partial charge in [0.2, 0.25) is 11.8 Å². The summed E-state index contributed by atoms with van der Waals surface area (Å²) in [6.07, 6.45) is 2.69. The van der Waals surface area contributed by atoms with E-state index < -0.39 is 0 Å². The van der Waals surface area contributed by atoms with Crippen LogP contribution in [-0.4, -0.2) is 42.4 Å². The minimum absolute atomic E-state index is 0.0769. The van der Waals surface area contributed by atoms with Gasteiger partial charge in [-0.15, -0.1) is 0 Å². The van der Waals surface area contributed by atoms with Gasteiger partial charge in [0.05, 0.1) is 12.5 Å². The minimum Gasteiger partial charge on any atom is -0.352 e. The second kappa shape index (κ2) is 6.92. The van der Waals surface area contributed by atoms with E-state index in [-0.39, 0.29) is 24.3 Å². The number of carbonyl (C=O) groups is 2. The Morgan fingerprint density at radius 2 is 2.05 bits per heavy atom. The molecule has 1 aromatic rings. The maximum absolute atomic E-state index is 12.4. The Bertz CT molecular complexity index is 528. The van der Waals surface area contributed by atoms with Gasteiger partial charge in [-0.3, -0.25) is 9.59 Å². The molecule has 1 aliphatic heterocycles. The zero-order valence-electron chi connectivity index (χ0n) is 12.8. The van der Waals surface area contributed by atoms with E-state index in [2.05, 4.69) is 10.6 Å². The Morgan fingerprint density at radius 3 is 2.77 bits per heavy atom. The van der Waals surface area contributed by atoms with Gasteiger partial charge in [-0.1, -0.05) is 30.3 Å². The smallest absolute Gasteiger partial charge is 0.240 e. The van der Waals surface area contributed by atoms with Crippen molar-refractivity contribution in [3.05, 3.63) is 35.9 Å². The third kappa shape index (κ3) is 4.07. The highest BCUT2D eigenvalue weighted by atomic mass is 16.2. The zero-order valence-corrected chi connectivity index (χ0v) is 12.8. The van der Waals surface area contributed by atoms with Crippen LogP contribution < -0.4 is 10.6 Å². The lowest BCUT2D eigenvalue weighted by Crippen LogP contribution is -2.56. The molecule has 1 saturated carbocycles. The van der Waals surface area contributed by atoms with E-state index >= 15 is 0 Å². The monoisotopic (exact) mass is 301 g/mol. The molecule has 118 valence electrons. The molecular weight excluding hydrogens is 278 g/mol. The summed E-state index contributed by atoms with van der Waals surface area (Å²) < 4.78 is 0. The van der Waals surface area contributed by atoms with Crippen LogP contribution in [0, 0.1) is 5.92 Å². The molecule has 1 aromatic carbocycles. The van der Waals surface area contributed by atoms with Gasteiger partial charge in [0, 0.05) is 26.2 Å². The molecule has 1 atom stereocenters. The van der Waals surface area contributed by atoms with Gasteiger partial charge in [-0.05, 0) is 24.3 Å². The number of rotatable bonds is 6. The largest absolute Gasteiger partial charge is 0.352 e. The Morgan fingerprint density at radius 1 is 1.27 bits per heavy atom. The number of carbonyl (C=O) groups excluding carboxylic acids is 2. The van der Waals surface area contributed by atoms with E-state index in [0.717, 1.165) is 25.2 Å². The molecule has 3 rings (SSSR count). The number of nitrogens with one attached hydrogen (secondary N) is 2. The lowest BCUT2D eigenvalue weighted by Gasteiger charge is -2.33. The van der Waals surface area contributed by atoms with Crippen molar-refractivity contribution in [1.82, 2.24) is 15.5 Å². The van der Waals surface area contributed by atoms with Crippen LogP contribution in [0.4, 0.5) is 0 Å². The van der Waals surface area contributed by atoms with E-state index in [1.807, 2.05) is 35.2 Å². The van der Waals surface area contributed by atoms with Crippen molar-refractivity contribution in [2.24, 2.45) is 5.92 Å². The normalized spacial score (nSPS) is 21.7. The fourth-order valence-corrected chi connectivity index (χ4v) is 2.80. The number of hydrogen-bond acceptors (Lipinski definition) is 3. The number of nitrogens with zero attached hydrogens (tertiary/aromatic N) is 1. The molecule has 22 heavy (non-hydrogen) atoms. The van der Waals surface area contributed by atoms with Crippen LogP contribution in [0.25, 0.3) is 0 Å². The minimum atomic E-state index is -0.372. The summed E-state index contributed by atoms with van der Waals surface area (Å²) in [4.78, 5) is 26.4. The van der Waals surface area contributed by atoms with Crippen LogP contribution in [0.5, 0.6) is 0 Å². The second-order valence-corrected chi connectivity index (χ2v) is 6.20. The van der Waals surface area contributed by atoms with Crippen LogP contribution in [0.3, 0.4) is 0 Å². The van der Waals surface area contributed by atoms with Crippen molar-refractivity contribution < 1.29 is 9.59 Å². The van der Waals surface area contributed by atoms with Crippen LogP contribution in [0.15, 0.2) is 30.3 Å². The van der Waals surface area contributed by atoms with Crippen molar-refractivity contribution in [3.63, 3.8) is 0 Å². The first-order chi connectivity index (χ1) is 10.7. The summed E-state index contributed by atoms with van der Waals surface area (Å²) in [5.41, 5.74) is 1.06.